The lowest BCUT2D eigenvalue weighted by Gasteiger charge is -2.26. The van der Waals surface area contributed by atoms with Crippen LogP contribution in [0.5, 0.6) is 0 Å². The maximum atomic E-state index is 11.8. The number of piperazine rings is 1. The molecular weight excluding hydrogens is 340 g/mol. The molecule has 2 rings (SSSR count). The Hall–Kier alpha value is -0.950. The first-order valence-electron chi connectivity index (χ1n) is 9.97. The molecule has 2 aliphatic rings. The van der Waals surface area contributed by atoms with Gasteiger partial charge in [-0.25, -0.2) is 13.6 Å². The molecule has 0 aromatic rings. The van der Waals surface area contributed by atoms with Crippen molar-refractivity contribution in [2.45, 2.75) is 84.8 Å². The average Bonchev–Trinajstić information content (AvgIpc) is 2.57. The molecule has 156 valence electrons. The molecule has 1 aliphatic carbocycles. The Morgan fingerprint density at radius 1 is 1.15 bits per heavy atom. The lowest BCUT2D eigenvalue weighted by Crippen LogP contribution is -2.45. The van der Waals surface area contributed by atoms with Gasteiger partial charge in [0, 0.05) is 32.2 Å². The molecule has 0 bridgehead atoms. The molecule has 0 unspecified atom stereocenters. The number of alkyl carbamates (subject to hydrolysis) is 1. The summed E-state index contributed by atoms with van der Waals surface area (Å²) < 4.78 is 28.7. The van der Waals surface area contributed by atoms with E-state index in [1.165, 1.54) is 19.3 Å². The first-order chi connectivity index (χ1) is 12.3. The number of carbonyl (C=O) groups excluding carboxylic acids is 1. The van der Waals surface area contributed by atoms with Crippen LogP contribution in [0, 0.1) is 0 Å². The summed E-state index contributed by atoms with van der Waals surface area (Å²) in [5.41, 5.74) is -0.390. The van der Waals surface area contributed by atoms with Crippen LogP contribution >= 0.6 is 0 Å². The number of rotatable bonds is 3. The number of ether oxygens (including phenoxy) is 1. The molecule has 1 aliphatic heterocycles. The summed E-state index contributed by atoms with van der Waals surface area (Å²) in [6.07, 6.45) is 3.48. The second-order valence-electron chi connectivity index (χ2n) is 7.42. The van der Waals surface area contributed by atoms with Gasteiger partial charge in [0.15, 0.2) is 0 Å². The second-order valence-corrected chi connectivity index (χ2v) is 7.42. The first-order valence-corrected chi connectivity index (χ1v) is 9.97. The fourth-order valence-corrected chi connectivity index (χ4v) is 2.81. The molecule has 1 saturated heterocycles. The van der Waals surface area contributed by atoms with Crippen molar-refractivity contribution in [1.82, 2.24) is 15.5 Å². The van der Waals surface area contributed by atoms with Crippen molar-refractivity contribution in [1.29, 1.82) is 0 Å². The van der Waals surface area contributed by atoms with Crippen LogP contribution in [0.25, 0.3) is 0 Å². The summed E-state index contributed by atoms with van der Waals surface area (Å²) in [5.74, 6) is 0. The molecule has 26 heavy (non-hydrogen) atoms. The highest BCUT2D eigenvalue weighted by Gasteiger charge is 2.20. The summed E-state index contributed by atoms with van der Waals surface area (Å²) in [6, 6.07) is 0.332. The largest absolute Gasteiger partial charge is 0.444 e. The molecule has 7 heteroatoms. The summed E-state index contributed by atoms with van der Waals surface area (Å²) in [5, 5.41) is 6.02. The minimum Gasteiger partial charge on any atom is -0.444 e. The zero-order valence-corrected chi connectivity index (χ0v) is 17.2. The molecule has 1 heterocycles. The van der Waals surface area contributed by atoms with Crippen molar-refractivity contribution in [2.75, 3.05) is 32.7 Å². The lowest BCUT2D eigenvalue weighted by molar-refractivity contribution is 0.0493. The zero-order chi connectivity index (χ0) is 20.0. The number of alkyl halides is 2. The Morgan fingerprint density at radius 2 is 1.69 bits per heavy atom. The van der Waals surface area contributed by atoms with Crippen LogP contribution in [0.15, 0.2) is 0 Å². The van der Waals surface area contributed by atoms with Gasteiger partial charge in [-0.3, -0.25) is 4.90 Å². The summed E-state index contributed by atoms with van der Waals surface area (Å²) >= 11 is 0. The van der Waals surface area contributed by atoms with E-state index in [-0.39, 0.29) is 12.6 Å². The van der Waals surface area contributed by atoms with Gasteiger partial charge in [-0.2, -0.15) is 0 Å². The van der Waals surface area contributed by atoms with Crippen molar-refractivity contribution >= 4 is 6.09 Å². The smallest absolute Gasteiger partial charge is 0.407 e. The van der Waals surface area contributed by atoms with Gasteiger partial charge in [0.2, 0.25) is 0 Å². The number of nitrogens with zero attached hydrogens (tertiary/aromatic N) is 1. The van der Waals surface area contributed by atoms with E-state index in [4.69, 9.17) is 4.74 Å². The van der Waals surface area contributed by atoms with E-state index in [0.717, 1.165) is 39.0 Å². The Labute approximate surface area is 158 Å². The van der Waals surface area contributed by atoms with E-state index in [0.29, 0.717) is 6.04 Å². The molecule has 1 amide bonds. The van der Waals surface area contributed by atoms with Crippen LogP contribution in [-0.2, 0) is 4.74 Å². The highest BCUT2D eigenvalue weighted by molar-refractivity contribution is 5.68. The molecule has 0 aromatic carbocycles. The summed E-state index contributed by atoms with van der Waals surface area (Å²) in [6.45, 7) is 12.8. The van der Waals surface area contributed by atoms with Crippen LogP contribution in [0.1, 0.15) is 66.7 Å². The SMILES string of the molecule is CC.CC(C)(C)OC(=O)NC1CCCCC1.FC(F)CN1CCNCC1. The molecule has 5 nitrogen and oxygen atoms in total. The Bertz CT molecular complexity index is 351. The molecule has 2 N–H and O–H groups in total. The quantitative estimate of drug-likeness (QED) is 0.777. The fraction of sp³-hybridized carbons (Fsp3) is 0.947. The maximum absolute atomic E-state index is 11.8. The van der Waals surface area contributed by atoms with Crippen molar-refractivity contribution < 1.29 is 18.3 Å². The Balaban J connectivity index is 0.000000458. The van der Waals surface area contributed by atoms with Crippen LogP contribution in [-0.4, -0.2) is 61.8 Å². The van der Waals surface area contributed by atoms with Gasteiger partial charge in [-0.1, -0.05) is 33.1 Å². The van der Waals surface area contributed by atoms with E-state index >= 15 is 0 Å². The first kappa shape index (κ1) is 25.1. The zero-order valence-electron chi connectivity index (χ0n) is 17.2. The molecule has 0 radical (unpaired) electrons. The number of hydrogen-bond acceptors (Lipinski definition) is 4. The third kappa shape index (κ3) is 14.2. The van der Waals surface area contributed by atoms with E-state index < -0.39 is 12.0 Å². The van der Waals surface area contributed by atoms with E-state index in [2.05, 4.69) is 10.6 Å². The van der Waals surface area contributed by atoms with Gasteiger partial charge >= 0.3 is 6.09 Å². The molecule has 2 fully saturated rings. The van der Waals surface area contributed by atoms with Crippen LogP contribution in [0.3, 0.4) is 0 Å². The van der Waals surface area contributed by atoms with Gasteiger partial charge in [0.05, 0.1) is 6.54 Å². The van der Waals surface area contributed by atoms with Gasteiger partial charge in [0.1, 0.15) is 5.60 Å². The van der Waals surface area contributed by atoms with Gasteiger partial charge < -0.3 is 15.4 Å². The number of hydrogen-bond donors (Lipinski definition) is 2. The summed E-state index contributed by atoms with van der Waals surface area (Å²) in [7, 11) is 0. The predicted octanol–water partition coefficient (Wildman–Crippen LogP) is 4.03. The van der Waals surface area contributed by atoms with Crippen LogP contribution < -0.4 is 10.6 Å². The fourth-order valence-electron chi connectivity index (χ4n) is 2.81. The average molecular weight is 380 g/mol. The summed E-state index contributed by atoms with van der Waals surface area (Å²) in [4.78, 5) is 13.2. The minimum atomic E-state index is -2.18. The molecule has 0 spiro atoms. The molecule has 0 aromatic heterocycles. The lowest BCUT2D eigenvalue weighted by atomic mass is 9.96. The number of amides is 1. The third-order valence-corrected chi connectivity index (χ3v) is 3.93. The van der Waals surface area contributed by atoms with Gasteiger partial charge in [0.25, 0.3) is 6.43 Å². The topological polar surface area (TPSA) is 53.6 Å². The van der Waals surface area contributed by atoms with Crippen molar-refractivity contribution in [3.05, 3.63) is 0 Å². The van der Waals surface area contributed by atoms with Gasteiger partial charge in [-0.15, -0.1) is 0 Å². The van der Waals surface area contributed by atoms with Crippen LogP contribution in [0.2, 0.25) is 0 Å². The van der Waals surface area contributed by atoms with Crippen molar-refractivity contribution in [3.8, 4) is 0 Å². The second kappa shape index (κ2) is 14.2. The predicted molar refractivity (Wildman–Crippen MR) is 103 cm³/mol. The maximum Gasteiger partial charge on any atom is 0.407 e. The standard InChI is InChI=1S/C11H21NO2.C6H12F2N2.C2H6/c1-11(2,3)14-10(13)12-9-7-5-4-6-8-9;7-6(8)5-10-3-1-9-2-4-10;1-2/h9H,4-8H2,1-3H3,(H,12,13);6,9H,1-5H2;1-2H3. The minimum absolute atomic E-state index is 0.0678. The Morgan fingerprint density at radius 3 is 2.15 bits per heavy atom. The number of halogens is 2. The van der Waals surface area contributed by atoms with Gasteiger partial charge in [-0.05, 0) is 33.6 Å². The Kier molecular flexibility index (Phi) is 13.6. The van der Waals surface area contributed by atoms with Crippen molar-refractivity contribution in [2.24, 2.45) is 0 Å². The van der Waals surface area contributed by atoms with E-state index in [9.17, 15) is 13.6 Å². The molecule has 1 saturated carbocycles. The van der Waals surface area contributed by atoms with E-state index in [1.54, 1.807) is 4.90 Å². The number of carbonyl (C=O) groups is 1. The monoisotopic (exact) mass is 379 g/mol. The highest BCUT2D eigenvalue weighted by Crippen LogP contribution is 2.18. The van der Waals surface area contributed by atoms with Crippen LogP contribution in [0.4, 0.5) is 13.6 Å². The number of nitrogens with one attached hydrogen (secondary N) is 2. The van der Waals surface area contributed by atoms with E-state index in [1.807, 2.05) is 34.6 Å². The third-order valence-electron chi connectivity index (χ3n) is 3.93. The highest BCUT2D eigenvalue weighted by atomic mass is 19.3. The van der Waals surface area contributed by atoms with Crippen molar-refractivity contribution in [3.63, 3.8) is 0 Å². The molecule has 0 atom stereocenters. The normalized spacial score (nSPS) is 18.9. The molecular formula is C19H39F2N3O2.